The van der Waals surface area contributed by atoms with Crippen LogP contribution >= 0.6 is 0 Å². The molecular formula is C11H16N2O2S. The highest BCUT2D eigenvalue weighted by Crippen LogP contribution is 2.23. The van der Waals surface area contributed by atoms with Crippen molar-refractivity contribution in [2.75, 3.05) is 13.1 Å². The molecule has 1 aliphatic heterocycles. The highest BCUT2D eigenvalue weighted by atomic mass is 32.2. The Balaban J connectivity index is 2.36. The Morgan fingerprint density at radius 3 is 2.56 bits per heavy atom. The lowest BCUT2D eigenvalue weighted by molar-refractivity contribution is 0.309. The van der Waals surface area contributed by atoms with Crippen LogP contribution in [0.3, 0.4) is 0 Å². The first-order valence-corrected chi connectivity index (χ1v) is 6.81. The van der Waals surface area contributed by atoms with E-state index in [1.807, 2.05) is 13.0 Å². The molecule has 1 atom stereocenters. The summed E-state index contributed by atoms with van der Waals surface area (Å²) in [4.78, 5) is 0.349. The minimum absolute atomic E-state index is 0.147. The Kier molecular flexibility index (Phi) is 3.01. The molecule has 1 fully saturated rings. The predicted molar refractivity (Wildman–Crippen MR) is 62.4 cm³/mol. The van der Waals surface area contributed by atoms with Crippen LogP contribution in [0.1, 0.15) is 24.9 Å². The Hall–Kier alpha value is -0.910. The molecule has 1 unspecified atom stereocenters. The molecule has 0 aliphatic carbocycles. The van der Waals surface area contributed by atoms with Gasteiger partial charge in [-0.2, -0.15) is 4.31 Å². The average Bonchev–Trinajstić information content (AvgIpc) is 2.14. The van der Waals surface area contributed by atoms with Crippen molar-refractivity contribution < 1.29 is 8.42 Å². The average molecular weight is 240 g/mol. The normalized spacial score (nSPS) is 19.1. The fraction of sp³-hybridized carbons (Fsp3) is 0.455. The van der Waals surface area contributed by atoms with Crippen molar-refractivity contribution in [2.45, 2.75) is 24.3 Å². The van der Waals surface area contributed by atoms with E-state index >= 15 is 0 Å². The summed E-state index contributed by atoms with van der Waals surface area (Å²) in [5, 5.41) is 0. The maximum Gasteiger partial charge on any atom is 0.243 e. The van der Waals surface area contributed by atoms with Gasteiger partial charge in [-0.3, -0.25) is 0 Å². The van der Waals surface area contributed by atoms with Crippen LogP contribution in [0.4, 0.5) is 0 Å². The zero-order valence-corrected chi connectivity index (χ0v) is 10.1. The van der Waals surface area contributed by atoms with Crippen LogP contribution in [0.25, 0.3) is 0 Å². The summed E-state index contributed by atoms with van der Waals surface area (Å²) < 4.78 is 25.6. The summed E-state index contributed by atoms with van der Waals surface area (Å²) in [5.74, 6) is 0. The van der Waals surface area contributed by atoms with Gasteiger partial charge in [0.1, 0.15) is 0 Å². The molecule has 0 radical (unpaired) electrons. The van der Waals surface area contributed by atoms with Gasteiger partial charge in [0, 0.05) is 19.1 Å². The van der Waals surface area contributed by atoms with Gasteiger partial charge in [0.25, 0.3) is 0 Å². The van der Waals surface area contributed by atoms with Gasteiger partial charge in [-0.25, -0.2) is 8.42 Å². The second kappa shape index (κ2) is 4.16. The van der Waals surface area contributed by atoms with E-state index in [9.17, 15) is 8.42 Å². The number of hydrogen-bond donors (Lipinski definition) is 1. The summed E-state index contributed by atoms with van der Waals surface area (Å²) >= 11 is 0. The van der Waals surface area contributed by atoms with Gasteiger partial charge < -0.3 is 5.73 Å². The zero-order chi connectivity index (χ0) is 11.8. The maximum absolute atomic E-state index is 12.1. The fourth-order valence-corrected chi connectivity index (χ4v) is 3.21. The highest BCUT2D eigenvalue weighted by Gasteiger charge is 2.29. The van der Waals surface area contributed by atoms with E-state index in [0.29, 0.717) is 18.0 Å². The molecule has 1 aliphatic rings. The number of hydrogen-bond acceptors (Lipinski definition) is 3. The summed E-state index contributed by atoms with van der Waals surface area (Å²) in [7, 11) is -3.28. The topological polar surface area (TPSA) is 63.4 Å². The monoisotopic (exact) mass is 240 g/mol. The van der Waals surface area contributed by atoms with Crippen LogP contribution in [0.15, 0.2) is 29.2 Å². The summed E-state index contributed by atoms with van der Waals surface area (Å²) in [6, 6.07) is 6.73. The quantitative estimate of drug-likeness (QED) is 0.860. The lowest BCUT2D eigenvalue weighted by Crippen LogP contribution is -2.41. The van der Waals surface area contributed by atoms with Crippen molar-refractivity contribution in [1.29, 1.82) is 0 Å². The van der Waals surface area contributed by atoms with Crippen LogP contribution in [0.2, 0.25) is 0 Å². The minimum Gasteiger partial charge on any atom is -0.324 e. The summed E-state index contributed by atoms with van der Waals surface area (Å²) in [6.45, 7) is 3.10. The molecule has 4 nitrogen and oxygen atoms in total. The molecule has 0 saturated carbocycles. The first-order valence-electron chi connectivity index (χ1n) is 5.37. The largest absolute Gasteiger partial charge is 0.324 e. The zero-order valence-electron chi connectivity index (χ0n) is 9.26. The molecule has 0 aromatic heterocycles. The van der Waals surface area contributed by atoms with E-state index in [1.54, 1.807) is 18.2 Å². The molecule has 1 saturated heterocycles. The molecule has 0 bridgehead atoms. The van der Waals surface area contributed by atoms with Crippen LogP contribution in [0, 0.1) is 0 Å². The Morgan fingerprint density at radius 1 is 1.38 bits per heavy atom. The molecule has 16 heavy (non-hydrogen) atoms. The molecule has 0 spiro atoms. The number of nitrogens with zero attached hydrogens (tertiary/aromatic N) is 1. The van der Waals surface area contributed by atoms with Crippen LogP contribution in [-0.4, -0.2) is 25.8 Å². The second-order valence-electron chi connectivity index (χ2n) is 4.12. The Bertz CT molecular complexity index is 479. The van der Waals surface area contributed by atoms with E-state index in [2.05, 4.69) is 0 Å². The Labute approximate surface area is 96.1 Å². The summed E-state index contributed by atoms with van der Waals surface area (Å²) in [6.07, 6.45) is 0.951. The molecule has 5 heteroatoms. The number of sulfonamides is 1. The first kappa shape index (κ1) is 11.6. The number of benzene rings is 1. The van der Waals surface area contributed by atoms with Crippen molar-refractivity contribution in [3.8, 4) is 0 Å². The van der Waals surface area contributed by atoms with Crippen molar-refractivity contribution in [1.82, 2.24) is 4.31 Å². The predicted octanol–water partition coefficient (Wildman–Crippen LogP) is 1.10. The maximum atomic E-state index is 12.1. The molecule has 1 aromatic carbocycles. The SMILES string of the molecule is CC(N)c1cccc(S(=O)(=O)N2CCC2)c1. The molecule has 1 aromatic rings. The highest BCUT2D eigenvalue weighted by molar-refractivity contribution is 7.89. The van der Waals surface area contributed by atoms with Gasteiger partial charge >= 0.3 is 0 Å². The molecule has 0 amide bonds. The van der Waals surface area contributed by atoms with Crippen LogP contribution in [-0.2, 0) is 10.0 Å². The van der Waals surface area contributed by atoms with Gasteiger partial charge in [0.05, 0.1) is 4.90 Å². The third-order valence-corrected chi connectivity index (χ3v) is 4.73. The van der Waals surface area contributed by atoms with Gasteiger partial charge in [0.15, 0.2) is 0 Å². The third kappa shape index (κ3) is 1.98. The smallest absolute Gasteiger partial charge is 0.243 e. The lowest BCUT2D eigenvalue weighted by Gasteiger charge is -2.29. The standard InChI is InChI=1S/C11H16N2O2S/c1-9(12)10-4-2-5-11(8-10)16(14,15)13-6-3-7-13/h2,4-5,8-9H,3,6-7,12H2,1H3. The van der Waals surface area contributed by atoms with Gasteiger partial charge in [-0.05, 0) is 31.0 Å². The van der Waals surface area contributed by atoms with E-state index in [0.717, 1.165) is 12.0 Å². The van der Waals surface area contributed by atoms with Crippen molar-refractivity contribution >= 4 is 10.0 Å². The lowest BCUT2D eigenvalue weighted by atomic mass is 10.1. The van der Waals surface area contributed by atoms with Crippen LogP contribution in [0.5, 0.6) is 0 Å². The fourth-order valence-electron chi connectivity index (χ4n) is 1.63. The second-order valence-corrected chi connectivity index (χ2v) is 6.06. The molecule has 1 heterocycles. The molecule has 2 N–H and O–H groups in total. The minimum atomic E-state index is -3.28. The van der Waals surface area contributed by atoms with E-state index in [-0.39, 0.29) is 6.04 Å². The molecule has 2 rings (SSSR count). The molecule has 88 valence electrons. The van der Waals surface area contributed by atoms with Crippen molar-refractivity contribution in [3.05, 3.63) is 29.8 Å². The van der Waals surface area contributed by atoms with E-state index in [1.165, 1.54) is 4.31 Å². The molecular weight excluding hydrogens is 224 g/mol. The van der Waals surface area contributed by atoms with Gasteiger partial charge in [-0.1, -0.05) is 12.1 Å². The first-order chi connectivity index (χ1) is 7.51. The van der Waals surface area contributed by atoms with Crippen LogP contribution < -0.4 is 5.73 Å². The van der Waals surface area contributed by atoms with Crippen molar-refractivity contribution in [3.63, 3.8) is 0 Å². The third-order valence-electron chi connectivity index (χ3n) is 2.84. The number of rotatable bonds is 3. The summed E-state index contributed by atoms with van der Waals surface area (Å²) in [5.41, 5.74) is 6.59. The van der Waals surface area contributed by atoms with E-state index in [4.69, 9.17) is 5.73 Å². The number of nitrogens with two attached hydrogens (primary N) is 1. The van der Waals surface area contributed by atoms with Crippen molar-refractivity contribution in [2.24, 2.45) is 5.73 Å². The van der Waals surface area contributed by atoms with E-state index < -0.39 is 10.0 Å². The Morgan fingerprint density at radius 2 is 2.06 bits per heavy atom. The van der Waals surface area contributed by atoms with Gasteiger partial charge in [0.2, 0.25) is 10.0 Å². The van der Waals surface area contributed by atoms with Gasteiger partial charge in [-0.15, -0.1) is 0 Å².